The number of nitrogens with one attached hydrogen (secondary N) is 1. The van der Waals surface area contributed by atoms with Crippen molar-refractivity contribution in [2.75, 3.05) is 13.7 Å². The van der Waals surface area contributed by atoms with Gasteiger partial charge in [0, 0.05) is 5.41 Å². The third-order valence-electron chi connectivity index (χ3n) is 6.36. The molecule has 0 unspecified atom stereocenters. The summed E-state index contributed by atoms with van der Waals surface area (Å²) in [6, 6.07) is 0. The van der Waals surface area contributed by atoms with Gasteiger partial charge in [0.25, 0.3) is 0 Å². The molecule has 1 N–H and O–H groups in total. The number of fused-ring (bicyclic) bond motifs is 2. The number of allylic oxidation sites excluding steroid dienone is 1. The van der Waals surface area contributed by atoms with Gasteiger partial charge in [0.2, 0.25) is 0 Å². The van der Waals surface area contributed by atoms with Crippen LogP contribution < -0.4 is 5.32 Å². The number of esters is 1. The van der Waals surface area contributed by atoms with Crippen molar-refractivity contribution in [2.24, 2.45) is 16.7 Å². The van der Waals surface area contributed by atoms with Crippen LogP contribution in [0.25, 0.3) is 0 Å². The van der Waals surface area contributed by atoms with Gasteiger partial charge >= 0.3 is 12.1 Å². The molecule has 0 aromatic carbocycles. The number of rotatable bonds is 1. The van der Waals surface area contributed by atoms with E-state index in [4.69, 9.17) is 9.47 Å². The molecule has 0 bridgehead atoms. The highest BCUT2D eigenvalue weighted by atomic mass is 16.6. The molecular weight excluding hydrogens is 282 g/mol. The highest BCUT2D eigenvalue weighted by Gasteiger charge is 2.65. The highest BCUT2D eigenvalue weighted by molar-refractivity contribution is 5.93. The van der Waals surface area contributed by atoms with E-state index in [1.54, 1.807) is 0 Å². The first-order valence-corrected chi connectivity index (χ1v) is 8.01. The maximum atomic E-state index is 12.3. The molecule has 5 heteroatoms. The van der Waals surface area contributed by atoms with Crippen LogP contribution in [0.3, 0.4) is 0 Å². The Morgan fingerprint density at radius 3 is 2.68 bits per heavy atom. The molecule has 1 aliphatic heterocycles. The summed E-state index contributed by atoms with van der Waals surface area (Å²) in [4.78, 5) is 24.2. The lowest BCUT2D eigenvalue weighted by Gasteiger charge is -2.59. The van der Waals surface area contributed by atoms with Crippen LogP contribution in [0, 0.1) is 16.7 Å². The van der Waals surface area contributed by atoms with Crippen molar-refractivity contribution in [3.8, 4) is 0 Å². The van der Waals surface area contributed by atoms with E-state index in [9.17, 15) is 9.59 Å². The third-order valence-corrected chi connectivity index (χ3v) is 6.36. The second-order valence-electron chi connectivity index (χ2n) is 7.76. The number of carbonyl (C=O) groups is 2. The van der Waals surface area contributed by atoms with Gasteiger partial charge in [-0.1, -0.05) is 33.3 Å². The highest BCUT2D eigenvalue weighted by Crippen LogP contribution is 2.61. The van der Waals surface area contributed by atoms with Crippen LogP contribution in [0.15, 0.2) is 11.6 Å². The number of carbonyl (C=O) groups excluding carboxylic acids is 2. The lowest BCUT2D eigenvalue weighted by Crippen LogP contribution is -2.66. The first kappa shape index (κ1) is 15.4. The van der Waals surface area contributed by atoms with Crippen LogP contribution in [-0.4, -0.2) is 31.3 Å². The average molecular weight is 307 g/mol. The maximum absolute atomic E-state index is 12.3. The average Bonchev–Trinajstić information content (AvgIpc) is 2.83. The van der Waals surface area contributed by atoms with Crippen molar-refractivity contribution in [1.82, 2.24) is 5.32 Å². The molecule has 0 aromatic rings. The van der Waals surface area contributed by atoms with Crippen LogP contribution in [-0.2, 0) is 14.3 Å². The van der Waals surface area contributed by atoms with Crippen LogP contribution >= 0.6 is 0 Å². The molecule has 2 fully saturated rings. The normalized spacial score (nSPS) is 39.5. The number of hydrogen-bond acceptors (Lipinski definition) is 4. The van der Waals surface area contributed by atoms with Crippen molar-refractivity contribution in [1.29, 1.82) is 0 Å². The van der Waals surface area contributed by atoms with Gasteiger partial charge in [-0.25, -0.2) is 9.59 Å². The Labute approximate surface area is 131 Å². The second kappa shape index (κ2) is 4.74. The summed E-state index contributed by atoms with van der Waals surface area (Å²) in [5, 5.41) is 2.98. The molecule has 3 rings (SSSR count). The molecule has 2 aliphatic carbocycles. The lowest BCUT2D eigenvalue weighted by molar-refractivity contribution is -0.140. The smallest absolute Gasteiger partial charge is 0.408 e. The van der Waals surface area contributed by atoms with E-state index < -0.39 is 11.6 Å². The monoisotopic (exact) mass is 307 g/mol. The van der Waals surface area contributed by atoms with Gasteiger partial charge in [-0.15, -0.1) is 0 Å². The van der Waals surface area contributed by atoms with Crippen LogP contribution in [0.5, 0.6) is 0 Å². The zero-order valence-electron chi connectivity index (χ0n) is 13.8. The maximum Gasteiger partial charge on any atom is 0.408 e. The van der Waals surface area contributed by atoms with E-state index in [0.29, 0.717) is 11.5 Å². The molecule has 3 aliphatic rings. The molecule has 0 aromatic heterocycles. The van der Waals surface area contributed by atoms with Crippen LogP contribution in [0.4, 0.5) is 4.79 Å². The zero-order chi connectivity index (χ0) is 16.2. The van der Waals surface area contributed by atoms with Gasteiger partial charge in [0.05, 0.1) is 12.7 Å². The standard InChI is InChI=1S/C17H25NO4/c1-15(2)8-5-9-16(3)12(15)7-6-11(13(19)21-4)17(16)10-22-14(20)18-17/h6,12H,5,7-10H2,1-4H3,(H,18,20)/t12-,16-,17+/m0/s1. The van der Waals surface area contributed by atoms with E-state index in [1.807, 2.05) is 6.08 Å². The van der Waals surface area contributed by atoms with Gasteiger partial charge in [0.15, 0.2) is 0 Å². The first-order chi connectivity index (χ1) is 10.3. The van der Waals surface area contributed by atoms with Crippen LogP contribution in [0.2, 0.25) is 0 Å². The van der Waals surface area contributed by atoms with Gasteiger partial charge in [-0.3, -0.25) is 0 Å². The number of alkyl carbamates (subject to hydrolysis) is 1. The zero-order valence-corrected chi connectivity index (χ0v) is 13.8. The Morgan fingerprint density at radius 2 is 2.09 bits per heavy atom. The number of amides is 1. The summed E-state index contributed by atoms with van der Waals surface area (Å²) in [5.41, 5.74) is -0.250. The predicted octanol–water partition coefficient (Wildman–Crippen LogP) is 2.80. The summed E-state index contributed by atoms with van der Waals surface area (Å²) in [6.07, 6.45) is 5.58. The topological polar surface area (TPSA) is 64.6 Å². The molecule has 3 atom stereocenters. The molecule has 22 heavy (non-hydrogen) atoms. The predicted molar refractivity (Wildman–Crippen MR) is 81.2 cm³/mol. The summed E-state index contributed by atoms with van der Waals surface area (Å²) in [5.74, 6) is 0.0259. The van der Waals surface area contributed by atoms with Crippen molar-refractivity contribution in [2.45, 2.75) is 52.0 Å². The Kier molecular flexibility index (Phi) is 3.31. The Morgan fingerprint density at radius 1 is 1.36 bits per heavy atom. The van der Waals surface area contributed by atoms with Gasteiger partial charge in [0.1, 0.15) is 12.1 Å². The molecule has 1 saturated heterocycles. The van der Waals surface area contributed by atoms with Gasteiger partial charge in [-0.2, -0.15) is 0 Å². The van der Waals surface area contributed by atoms with Gasteiger partial charge in [-0.05, 0) is 30.6 Å². The quantitative estimate of drug-likeness (QED) is 0.757. The van der Waals surface area contributed by atoms with Crippen LogP contribution in [0.1, 0.15) is 46.5 Å². The van der Waals surface area contributed by atoms with E-state index in [2.05, 4.69) is 26.1 Å². The van der Waals surface area contributed by atoms with E-state index in [-0.39, 0.29) is 23.4 Å². The molecule has 1 spiro atoms. The van der Waals surface area contributed by atoms with E-state index >= 15 is 0 Å². The van der Waals surface area contributed by atoms with Crippen molar-refractivity contribution in [3.63, 3.8) is 0 Å². The number of ether oxygens (including phenoxy) is 2. The largest absolute Gasteiger partial charge is 0.466 e. The number of methoxy groups -OCH3 is 1. The van der Waals surface area contributed by atoms with Gasteiger partial charge < -0.3 is 14.8 Å². The number of cyclic esters (lactones) is 1. The molecule has 0 radical (unpaired) electrons. The van der Waals surface area contributed by atoms with Crippen molar-refractivity contribution in [3.05, 3.63) is 11.6 Å². The first-order valence-electron chi connectivity index (χ1n) is 8.01. The molecule has 122 valence electrons. The van der Waals surface area contributed by atoms with Crippen molar-refractivity contribution < 1.29 is 19.1 Å². The fraction of sp³-hybridized carbons (Fsp3) is 0.765. The Balaban J connectivity index is 2.15. The van der Waals surface area contributed by atoms with Crippen molar-refractivity contribution >= 4 is 12.1 Å². The third kappa shape index (κ3) is 1.83. The summed E-state index contributed by atoms with van der Waals surface area (Å²) >= 11 is 0. The second-order valence-corrected chi connectivity index (χ2v) is 7.76. The fourth-order valence-corrected chi connectivity index (χ4v) is 5.17. The number of hydrogen-bond donors (Lipinski definition) is 1. The molecule has 5 nitrogen and oxygen atoms in total. The minimum atomic E-state index is -0.766. The molecular formula is C17H25NO4. The van der Waals surface area contributed by atoms with E-state index in [1.165, 1.54) is 13.5 Å². The lowest BCUT2D eigenvalue weighted by atomic mass is 9.46. The molecule has 1 amide bonds. The summed E-state index contributed by atoms with van der Waals surface area (Å²) in [7, 11) is 1.38. The Hall–Kier alpha value is -1.52. The summed E-state index contributed by atoms with van der Waals surface area (Å²) < 4.78 is 10.2. The minimum Gasteiger partial charge on any atom is -0.466 e. The fourth-order valence-electron chi connectivity index (χ4n) is 5.17. The minimum absolute atomic E-state index is 0.172. The Bertz CT molecular complexity index is 553. The molecule has 1 heterocycles. The van der Waals surface area contributed by atoms with E-state index in [0.717, 1.165) is 19.3 Å². The SMILES string of the molecule is COC(=O)C1=CC[C@H]2C(C)(C)CCC[C@]2(C)[C@@]12COC(=O)N2. The molecule has 1 saturated carbocycles. The summed E-state index contributed by atoms with van der Waals surface area (Å²) in [6.45, 7) is 6.98.